The smallest absolute Gasteiger partial charge is 0.229 e. The van der Waals surface area contributed by atoms with Gasteiger partial charge < -0.3 is 9.95 Å². The first-order chi connectivity index (χ1) is 3.38. The van der Waals surface area contributed by atoms with Gasteiger partial charge in [-0.3, -0.25) is 0 Å². The van der Waals surface area contributed by atoms with Crippen molar-refractivity contribution < 1.29 is 5.11 Å². The van der Waals surface area contributed by atoms with Crippen LogP contribution in [0, 0.1) is 12.5 Å². The summed E-state index contributed by atoms with van der Waals surface area (Å²) in [6.07, 6.45) is 0.917. The topological polar surface area (TPSA) is 24.6 Å². The van der Waals surface area contributed by atoms with E-state index in [4.69, 9.17) is 11.7 Å². The summed E-state index contributed by atoms with van der Waals surface area (Å²) < 4.78 is 0. The van der Waals surface area contributed by atoms with Crippen LogP contribution in [0.15, 0.2) is 0 Å². The second-order valence-electron chi connectivity index (χ2n) is 1.87. The molecule has 2 heteroatoms. The summed E-state index contributed by atoms with van der Waals surface area (Å²) >= 11 is 0. The summed E-state index contributed by atoms with van der Waals surface area (Å²) in [4.78, 5) is 3.24. The molecule has 38 valence electrons. The number of hydrogen-bond donors (Lipinski definition) is 1. The van der Waals surface area contributed by atoms with Crippen LogP contribution in [-0.4, -0.2) is 17.8 Å². The first kappa shape index (κ1) is 4.61. The number of aliphatic hydroxyl groups is 1. The van der Waals surface area contributed by atoms with E-state index in [0.29, 0.717) is 5.92 Å². The van der Waals surface area contributed by atoms with E-state index in [1.165, 1.54) is 0 Å². The van der Waals surface area contributed by atoms with Crippen molar-refractivity contribution >= 4 is 0 Å². The molecule has 0 heterocycles. The highest BCUT2D eigenvalue weighted by molar-refractivity contribution is 5.00. The highest BCUT2D eigenvalue weighted by Crippen LogP contribution is 2.32. The van der Waals surface area contributed by atoms with Crippen LogP contribution in [0.4, 0.5) is 0 Å². The Balaban J connectivity index is 2.21. The van der Waals surface area contributed by atoms with Gasteiger partial charge in [-0.2, -0.15) is 0 Å². The van der Waals surface area contributed by atoms with Gasteiger partial charge in [0, 0.05) is 6.42 Å². The van der Waals surface area contributed by atoms with Gasteiger partial charge in [-0.25, -0.2) is 6.57 Å². The highest BCUT2D eigenvalue weighted by atomic mass is 16.3. The Morgan fingerprint density at radius 3 is 2.71 bits per heavy atom. The molecule has 2 nitrogen and oxygen atoms in total. The van der Waals surface area contributed by atoms with Crippen LogP contribution in [0.25, 0.3) is 4.85 Å². The Bertz CT molecular complexity index is 105. The molecule has 0 aromatic carbocycles. The zero-order chi connectivity index (χ0) is 5.28. The van der Waals surface area contributed by atoms with Crippen LogP contribution in [0.3, 0.4) is 0 Å². The number of nitrogens with zero attached hydrogens (tertiary/aromatic N) is 1. The molecule has 0 aliphatic heterocycles. The second kappa shape index (κ2) is 1.51. The minimum absolute atomic E-state index is 0.157. The van der Waals surface area contributed by atoms with Gasteiger partial charge in [0.1, 0.15) is 0 Å². The Morgan fingerprint density at radius 1 is 1.86 bits per heavy atom. The monoisotopic (exact) mass is 97.1 g/mol. The largest absolute Gasteiger partial charge is 0.396 e. The van der Waals surface area contributed by atoms with E-state index in [1.807, 2.05) is 0 Å². The SMILES string of the molecule is [C-]#[N+]C1CC1CO. The first-order valence-corrected chi connectivity index (χ1v) is 2.36. The molecule has 0 bridgehead atoms. The molecule has 0 saturated heterocycles. The molecule has 1 saturated carbocycles. The van der Waals surface area contributed by atoms with Gasteiger partial charge in [0.15, 0.2) is 0 Å². The van der Waals surface area contributed by atoms with Crippen LogP contribution in [-0.2, 0) is 0 Å². The summed E-state index contributed by atoms with van der Waals surface area (Å²) in [6.45, 7) is 6.67. The van der Waals surface area contributed by atoms with Crippen molar-refractivity contribution in [2.75, 3.05) is 6.61 Å². The molecule has 0 spiro atoms. The summed E-state index contributed by atoms with van der Waals surface area (Å²) in [6, 6.07) is 0.157. The van der Waals surface area contributed by atoms with Crippen LogP contribution in [0.2, 0.25) is 0 Å². The van der Waals surface area contributed by atoms with Crippen molar-refractivity contribution in [3.8, 4) is 0 Å². The molecular formula is C5H7NO. The third-order valence-corrected chi connectivity index (χ3v) is 1.29. The van der Waals surface area contributed by atoms with Crippen LogP contribution in [0.5, 0.6) is 0 Å². The minimum Gasteiger partial charge on any atom is -0.396 e. The molecule has 1 N–H and O–H groups in total. The van der Waals surface area contributed by atoms with E-state index < -0.39 is 0 Å². The zero-order valence-corrected chi connectivity index (χ0v) is 3.96. The second-order valence-corrected chi connectivity index (χ2v) is 1.87. The van der Waals surface area contributed by atoms with Crippen molar-refractivity contribution in [1.29, 1.82) is 0 Å². The molecule has 0 aromatic heterocycles. The average molecular weight is 97.1 g/mol. The highest BCUT2D eigenvalue weighted by Gasteiger charge is 2.43. The van der Waals surface area contributed by atoms with Gasteiger partial charge in [-0.15, -0.1) is 0 Å². The van der Waals surface area contributed by atoms with E-state index in [1.54, 1.807) is 0 Å². The number of aliphatic hydroxyl groups excluding tert-OH is 1. The Hall–Kier alpha value is -0.550. The number of hydrogen-bond acceptors (Lipinski definition) is 1. The van der Waals surface area contributed by atoms with Gasteiger partial charge in [0.25, 0.3) is 0 Å². The summed E-state index contributed by atoms with van der Waals surface area (Å²) in [5.41, 5.74) is 0. The van der Waals surface area contributed by atoms with Crippen molar-refractivity contribution in [2.24, 2.45) is 5.92 Å². The minimum atomic E-state index is 0.157. The fraction of sp³-hybridized carbons (Fsp3) is 0.800. The van der Waals surface area contributed by atoms with Gasteiger partial charge in [0.2, 0.25) is 6.04 Å². The Labute approximate surface area is 42.6 Å². The fourth-order valence-electron chi connectivity index (χ4n) is 0.586. The van der Waals surface area contributed by atoms with E-state index >= 15 is 0 Å². The third kappa shape index (κ3) is 0.726. The molecule has 0 radical (unpaired) electrons. The van der Waals surface area contributed by atoms with Gasteiger partial charge in [0.05, 0.1) is 12.5 Å². The van der Waals surface area contributed by atoms with Crippen molar-refractivity contribution in [3.05, 3.63) is 11.4 Å². The van der Waals surface area contributed by atoms with Crippen LogP contribution < -0.4 is 0 Å². The number of rotatable bonds is 1. The summed E-state index contributed by atoms with van der Waals surface area (Å²) in [7, 11) is 0. The van der Waals surface area contributed by atoms with Crippen molar-refractivity contribution in [3.63, 3.8) is 0 Å². The lowest BCUT2D eigenvalue weighted by Crippen LogP contribution is -1.86. The van der Waals surface area contributed by atoms with Gasteiger partial charge in [-0.1, -0.05) is 0 Å². The molecule has 2 atom stereocenters. The van der Waals surface area contributed by atoms with Crippen LogP contribution in [0.1, 0.15) is 6.42 Å². The maximum absolute atomic E-state index is 8.36. The molecule has 0 amide bonds. The van der Waals surface area contributed by atoms with E-state index in [2.05, 4.69) is 4.85 Å². The maximum Gasteiger partial charge on any atom is 0.229 e. The maximum atomic E-state index is 8.36. The van der Waals surface area contributed by atoms with E-state index in [-0.39, 0.29) is 12.6 Å². The van der Waals surface area contributed by atoms with E-state index in [0.717, 1.165) is 6.42 Å². The fourth-order valence-corrected chi connectivity index (χ4v) is 0.586. The predicted molar refractivity (Wildman–Crippen MR) is 25.6 cm³/mol. The Kier molecular flexibility index (Phi) is 0.994. The lowest BCUT2D eigenvalue weighted by molar-refractivity contribution is 0.276. The zero-order valence-electron chi connectivity index (χ0n) is 3.96. The molecule has 7 heavy (non-hydrogen) atoms. The predicted octanol–water partition coefficient (Wildman–Crippen LogP) is 0.286. The first-order valence-electron chi connectivity index (χ1n) is 2.36. The van der Waals surface area contributed by atoms with Gasteiger partial charge in [-0.05, 0) is 0 Å². The Morgan fingerprint density at radius 2 is 2.57 bits per heavy atom. The normalized spacial score (nSPS) is 37.1. The molecule has 0 aromatic rings. The quantitative estimate of drug-likeness (QED) is 0.467. The summed E-state index contributed by atoms with van der Waals surface area (Å²) in [5.74, 6) is 0.317. The molecule has 1 aliphatic carbocycles. The molecule has 2 unspecified atom stereocenters. The van der Waals surface area contributed by atoms with Crippen molar-refractivity contribution in [1.82, 2.24) is 0 Å². The lowest BCUT2D eigenvalue weighted by Gasteiger charge is -1.75. The van der Waals surface area contributed by atoms with Crippen molar-refractivity contribution in [2.45, 2.75) is 12.5 Å². The summed E-state index contributed by atoms with van der Waals surface area (Å²) in [5, 5.41) is 8.36. The van der Waals surface area contributed by atoms with E-state index in [9.17, 15) is 0 Å². The average Bonchev–Trinajstić information content (AvgIpc) is 2.43. The van der Waals surface area contributed by atoms with Crippen LogP contribution >= 0.6 is 0 Å². The molecule has 1 aliphatic rings. The molecule has 1 fully saturated rings. The molecule has 1 rings (SSSR count). The standard InChI is InChI=1S/C5H7NO/c1-6-5-2-4(5)3-7/h4-5,7H,2-3H2. The lowest BCUT2D eigenvalue weighted by atomic mass is 10.4. The van der Waals surface area contributed by atoms with Gasteiger partial charge >= 0.3 is 0 Å². The third-order valence-electron chi connectivity index (χ3n) is 1.29. The molecular weight excluding hydrogens is 90.1 g/mol.